The minimum atomic E-state index is -3.08. The van der Waals surface area contributed by atoms with Crippen LogP contribution in [0.25, 0.3) is 22.2 Å². The second-order valence-electron chi connectivity index (χ2n) is 8.03. The van der Waals surface area contributed by atoms with Gasteiger partial charge in [0.05, 0.1) is 11.5 Å². The van der Waals surface area contributed by atoms with Gasteiger partial charge in [-0.2, -0.15) is 0 Å². The molecule has 0 N–H and O–H groups in total. The number of aromatic nitrogens is 1. The molecule has 2 aromatic carbocycles. The average Bonchev–Trinajstić information content (AvgIpc) is 3.32. The second-order valence-corrected chi connectivity index (χ2v) is 10.3. The summed E-state index contributed by atoms with van der Waals surface area (Å²) in [4.78, 5) is 15.3. The van der Waals surface area contributed by atoms with Crippen LogP contribution in [0.15, 0.2) is 60.7 Å². The maximum absolute atomic E-state index is 13.5. The van der Waals surface area contributed by atoms with Gasteiger partial charge in [-0.05, 0) is 30.5 Å². The number of rotatable bonds is 8. The maximum Gasteiger partial charge on any atom is 0.242 e. The van der Waals surface area contributed by atoms with E-state index in [1.165, 1.54) is 0 Å². The van der Waals surface area contributed by atoms with E-state index in [0.717, 1.165) is 22.2 Å². The van der Waals surface area contributed by atoms with Crippen molar-refractivity contribution in [3.8, 4) is 11.3 Å². The number of ether oxygens (including phenoxy) is 1. The third-order valence-electron chi connectivity index (χ3n) is 5.89. The summed E-state index contributed by atoms with van der Waals surface area (Å²) in [5.41, 5.74) is 3.01. The standard InChI is InChI=1S/C24H28N2O4S/c1-30-14-7-13-25(21-12-15-31(28,29)18-21)24(27)17-26-22-11-6-5-10-20(22)16-23(26)19-8-3-2-4-9-19/h2-6,8-11,16,21H,7,12-15,17-18H2,1H3. The van der Waals surface area contributed by atoms with Crippen molar-refractivity contribution in [3.63, 3.8) is 0 Å². The van der Waals surface area contributed by atoms with Gasteiger partial charge in [0, 0.05) is 42.9 Å². The maximum atomic E-state index is 13.5. The molecule has 31 heavy (non-hydrogen) atoms. The number of benzene rings is 2. The molecule has 0 saturated carbocycles. The van der Waals surface area contributed by atoms with E-state index in [0.29, 0.717) is 26.0 Å². The van der Waals surface area contributed by atoms with Crippen LogP contribution in [0.2, 0.25) is 0 Å². The van der Waals surface area contributed by atoms with Crippen molar-refractivity contribution in [1.82, 2.24) is 9.47 Å². The number of fused-ring (bicyclic) bond motifs is 1. The first-order valence-electron chi connectivity index (χ1n) is 10.6. The largest absolute Gasteiger partial charge is 0.385 e. The van der Waals surface area contributed by atoms with E-state index in [-0.39, 0.29) is 30.0 Å². The molecule has 1 atom stereocenters. The highest BCUT2D eigenvalue weighted by Gasteiger charge is 2.34. The SMILES string of the molecule is COCCCN(C(=O)Cn1c(-c2ccccc2)cc2ccccc21)C1CCS(=O)(=O)C1. The summed E-state index contributed by atoms with van der Waals surface area (Å²) in [7, 11) is -1.46. The Kier molecular flexibility index (Phi) is 6.43. The molecule has 2 heterocycles. The van der Waals surface area contributed by atoms with E-state index in [1.54, 1.807) is 12.0 Å². The Morgan fingerprint density at radius 2 is 1.87 bits per heavy atom. The summed E-state index contributed by atoms with van der Waals surface area (Å²) in [6.45, 7) is 1.19. The van der Waals surface area contributed by atoms with Crippen LogP contribution >= 0.6 is 0 Å². The number of methoxy groups -OCH3 is 1. The van der Waals surface area contributed by atoms with Gasteiger partial charge >= 0.3 is 0 Å². The number of sulfone groups is 1. The molecule has 1 unspecified atom stereocenters. The van der Waals surface area contributed by atoms with E-state index < -0.39 is 9.84 Å². The number of hydrogen-bond acceptors (Lipinski definition) is 4. The van der Waals surface area contributed by atoms with Crippen LogP contribution in [-0.2, 0) is 25.9 Å². The fourth-order valence-electron chi connectivity index (χ4n) is 4.37. The third kappa shape index (κ3) is 4.83. The molecule has 1 aromatic heterocycles. The van der Waals surface area contributed by atoms with Gasteiger partial charge in [-0.3, -0.25) is 4.79 Å². The molecule has 1 saturated heterocycles. The first-order valence-corrected chi connectivity index (χ1v) is 12.4. The Morgan fingerprint density at radius 1 is 1.13 bits per heavy atom. The Hall–Kier alpha value is -2.64. The first-order chi connectivity index (χ1) is 15.0. The molecule has 1 fully saturated rings. The van der Waals surface area contributed by atoms with E-state index in [9.17, 15) is 13.2 Å². The topological polar surface area (TPSA) is 68.6 Å². The summed E-state index contributed by atoms with van der Waals surface area (Å²) in [6, 6.07) is 19.9. The Balaban J connectivity index is 1.66. The lowest BCUT2D eigenvalue weighted by Gasteiger charge is -2.29. The van der Waals surface area contributed by atoms with Gasteiger partial charge < -0.3 is 14.2 Å². The van der Waals surface area contributed by atoms with Crippen molar-refractivity contribution in [2.75, 3.05) is 31.8 Å². The summed E-state index contributed by atoms with van der Waals surface area (Å²) < 4.78 is 31.3. The minimum Gasteiger partial charge on any atom is -0.385 e. The third-order valence-corrected chi connectivity index (χ3v) is 7.64. The molecular formula is C24H28N2O4S. The fourth-order valence-corrected chi connectivity index (χ4v) is 6.10. The number of carbonyl (C=O) groups excluding carboxylic acids is 1. The lowest BCUT2D eigenvalue weighted by Crippen LogP contribution is -2.43. The average molecular weight is 441 g/mol. The number of hydrogen-bond donors (Lipinski definition) is 0. The fraction of sp³-hybridized carbons (Fsp3) is 0.375. The van der Waals surface area contributed by atoms with Gasteiger partial charge in [-0.15, -0.1) is 0 Å². The Morgan fingerprint density at radius 3 is 2.58 bits per heavy atom. The highest BCUT2D eigenvalue weighted by Crippen LogP contribution is 2.29. The molecule has 0 spiro atoms. The summed E-state index contributed by atoms with van der Waals surface area (Å²) in [6.07, 6.45) is 1.18. The molecule has 164 valence electrons. The van der Waals surface area contributed by atoms with Gasteiger partial charge in [0.1, 0.15) is 6.54 Å². The molecule has 0 radical (unpaired) electrons. The summed E-state index contributed by atoms with van der Waals surface area (Å²) in [5, 5.41) is 1.07. The smallest absolute Gasteiger partial charge is 0.242 e. The van der Waals surface area contributed by atoms with Crippen molar-refractivity contribution >= 4 is 26.6 Å². The van der Waals surface area contributed by atoms with Gasteiger partial charge in [-0.25, -0.2) is 8.42 Å². The van der Waals surface area contributed by atoms with Crippen LogP contribution in [0, 0.1) is 0 Å². The van der Waals surface area contributed by atoms with E-state index in [4.69, 9.17) is 4.74 Å². The Labute approximate surface area is 183 Å². The van der Waals surface area contributed by atoms with Crippen molar-refractivity contribution in [2.24, 2.45) is 0 Å². The van der Waals surface area contributed by atoms with Crippen LogP contribution < -0.4 is 0 Å². The summed E-state index contributed by atoms with van der Waals surface area (Å²) >= 11 is 0. The van der Waals surface area contributed by atoms with Crippen LogP contribution in [0.4, 0.5) is 0 Å². The number of amides is 1. The summed E-state index contributed by atoms with van der Waals surface area (Å²) in [5.74, 6) is 0.133. The molecule has 6 nitrogen and oxygen atoms in total. The van der Waals surface area contributed by atoms with Gasteiger partial charge in [-0.1, -0.05) is 48.5 Å². The van der Waals surface area contributed by atoms with Crippen molar-refractivity contribution < 1.29 is 17.9 Å². The molecule has 4 rings (SSSR count). The zero-order valence-electron chi connectivity index (χ0n) is 17.7. The molecule has 0 aliphatic carbocycles. The molecule has 1 aliphatic heterocycles. The molecule has 1 amide bonds. The van der Waals surface area contributed by atoms with Gasteiger partial charge in [0.2, 0.25) is 5.91 Å². The van der Waals surface area contributed by atoms with E-state index in [2.05, 4.69) is 6.07 Å². The number of carbonyl (C=O) groups is 1. The van der Waals surface area contributed by atoms with Crippen molar-refractivity contribution in [2.45, 2.75) is 25.4 Å². The predicted molar refractivity (Wildman–Crippen MR) is 123 cm³/mol. The molecule has 3 aromatic rings. The van der Waals surface area contributed by atoms with Gasteiger partial charge in [0.15, 0.2) is 9.84 Å². The molecule has 1 aliphatic rings. The van der Waals surface area contributed by atoms with Crippen LogP contribution in [0.5, 0.6) is 0 Å². The minimum absolute atomic E-state index is 0.0453. The second kappa shape index (κ2) is 9.24. The predicted octanol–water partition coefficient (Wildman–Crippen LogP) is 3.36. The molecule has 7 heteroatoms. The highest BCUT2D eigenvalue weighted by molar-refractivity contribution is 7.91. The quantitative estimate of drug-likeness (QED) is 0.504. The molecule has 0 bridgehead atoms. The van der Waals surface area contributed by atoms with E-state index in [1.807, 2.05) is 59.2 Å². The highest BCUT2D eigenvalue weighted by atomic mass is 32.2. The molecular weight excluding hydrogens is 412 g/mol. The van der Waals surface area contributed by atoms with Crippen LogP contribution in [0.3, 0.4) is 0 Å². The van der Waals surface area contributed by atoms with E-state index >= 15 is 0 Å². The number of nitrogens with zero attached hydrogens (tertiary/aromatic N) is 2. The monoisotopic (exact) mass is 440 g/mol. The van der Waals surface area contributed by atoms with Crippen LogP contribution in [0.1, 0.15) is 12.8 Å². The van der Waals surface area contributed by atoms with Crippen LogP contribution in [-0.4, -0.2) is 61.6 Å². The first kappa shape index (κ1) is 21.6. The lowest BCUT2D eigenvalue weighted by atomic mass is 10.1. The van der Waals surface area contributed by atoms with Crippen molar-refractivity contribution in [1.29, 1.82) is 0 Å². The Bertz CT molecular complexity index is 1150. The lowest BCUT2D eigenvalue weighted by molar-refractivity contribution is -0.133. The normalized spacial score (nSPS) is 17.8. The van der Waals surface area contributed by atoms with Crippen molar-refractivity contribution in [3.05, 3.63) is 60.7 Å². The van der Waals surface area contributed by atoms with Gasteiger partial charge in [0.25, 0.3) is 0 Å². The zero-order valence-corrected chi connectivity index (χ0v) is 18.6. The number of para-hydroxylation sites is 1. The zero-order chi connectivity index (χ0) is 21.8.